The first-order valence-electron chi connectivity index (χ1n) is 7.66. The average Bonchev–Trinajstić information content (AvgIpc) is 3.09. The van der Waals surface area contributed by atoms with Crippen LogP contribution in [0.4, 0.5) is 5.69 Å². The van der Waals surface area contributed by atoms with Crippen molar-refractivity contribution in [2.24, 2.45) is 0 Å². The number of nitrogens with one attached hydrogen (secondary N) is 1. The van der Waals surface area contributed by atoms with Crippen LogP contribution in [0.5, 0.6) is 0 Å². The Hall–Kier alpha value is -2.28. The largest absolute Gasteiger partial charge is 0.451 e. The number of para-hydroxylation sites is 1. The first kappa shape index (κ1) is 18.5. The topological polar surface area (TPSA) is 55.4 Å². The molecule has 1 amide bonds. The Morgan fingerprint density at radius 3 is 2.46 bits per heavy atom. The van der Waals surface area contributed by atoms with Crippen molar-refractivity contribution in [3.63, 3.8) is 0 Å². The van der Waals surface area contributed by atoms with Gasteiger partial charge in [0.05, 0.1) is 10.0 Å². The summed E-state index contributed by atoms with van der Waals surface area (Å²) >= 11 is 8.44. The highest BCUT2D eigenvalue weighted by Crippen LogP contribution is 2.33. The third-order valence-electron chi connectivity index (χ3n) is 3.24. The van der Waals surface area contributed by atoms with Gasteiger partial charge >= 0.3 is 5.97 Å². The Kier molecular flexibility index (Phi) is 6.33. The van der Waals surface area contributed by atoms with E-state index in [0.717, 1.165) is 21.1 Å². The van der Waals surface area contributed by atoms with E-state index in [1.165, 1.54) is 0 Å². The zero-order chi connectivity index (χ0) is 18.4. The second-order valence-electron chi connectivity index (χ2n) is 5.14. The minimum atomic E-state index is -0.566. The van der Waals surface area contributed by atoms with Crippen LogP contribution in [0.2, 0.25) is 4.34 Å². The molecule has 3 aromatic rings. The lowest BCUT2D eigenvalue weighted by molar-refractivity contribution is -0.119. The maximum atomic E-state index is 12.1. The van der Waals surface area contributed by atoms with E-state index >= 15 is 0 Å². The normalized spacial score (nSPS) is 10.3. The molecule has 7 heteroatoms. The molecule has 0 bridgehead atoms. The fourth-order valence-corrected chi connectivity index (χ4v) is 3.95. The van der Waals surface area contributed by atoms with E-state index in [9.17, 15) is 9.59 Å². The van der Waals surface area contributed by atoms with Crippen LogP contribution in [0.1, 0.15) is 9.67 Å². The number of benzene rings is 2. The van der Waals surface area contributed by atoms with Crippen LogP contribution in [-0.2, 0) is 9.53 Å². The molecule has 0 unspecified atom stereocenters. The molecule has 1 aromatic heterocycles. The summed E-state index contributed by atoms with van der Waals surface area (Å²) in [6.07, 6.45) is 0. The van der Waals surface area contributed by atoms with Crippen molar-refractivity contribution < 1.29 is 14.3 Å². The molecule has 1 heterocycles. The van der Waals surface area contributed by atoms with E-state index in [0.29, 0.717) is 14.9 Å². The molecule has 0 spiro atoms. The summed E-state index contributed by atoms with van der Waals surface area (Å²) in [6.45, 7) is -0.362. The van der Waals surface area contributed by atoms with E-state index < -0.39 is 11.9 Å². The minimum Gasteiger partial charge on any atom is -0.451 e. The van der Waals surface area contributed by atoms with E-state index in [1.54, 1.807) is 23.9 Å². The van der Waals surface area contributed by atoms with Crippen molar-refractivity contribution in [3.05, 3.63) is 75.9 Å². The monoisotopic (exact) mass is 403 g/mol. The Morgan fingerprint density at radius 2 is 1.73 bits per heavy atom. The molecule has 0 atom stereocenters. The molecule has 132 valence electrons. The molecule has 26 heavy (non-hydrogen) atoms. The van der Waals surface area contributed by atoms with Gasteiger partial charge in [-0.2, -0.15) is 0 Å². The molecule has 0 aliphatic heterocycles. The minimum absolute atomic E-state index is 0.362. The molecule has 0 aliphatic rings. The van der Waals surface area contributed by atoms with Crippen molar-refractivity contribution in [3.8, 4) is 0 Å². The number of ether oxygens (including phenoxy) is 1. The third-order valence-corrected chi connectivity index (χ3v) is 5.54. The lowest BCUT2D eigenvalue weighted by atomic mass is 10.3. The van der Waals surface area contributed by atoms with Gasteiger partial charge in [0.2, 0.25) is 0 Å². The lowest BCUT2D eigenvalue weighted by Crippen LogP contribution is -2.20. The second-order valence-corrected chi connectivity index (χ2v) is 7.97. The molecule has 0 saturated heterocycles. The van der Waals surface area contributed by atoms with Crippen LogP contribution in [-0.4, -0.2) is 18.5 Å². The predicted molar refractivity (Wildman–Crippen MR) is 105 cm³/mol. The number of anilines is 1. The van der Waals surface area contributed by atoms with Gasteiger partial charge in [0.1, 0.15) is 4.88 Å². The quantitative estimate of drug-likeness (QED) is 0.564. The number of halogens is 1. The van der Waals surface area contributed by atoms with Gasteiger partial charge in [-0.05, 0) is 36.4 Å². The van der Waals surface area contributed by atoms with Crippen LogP contribution in [0, 0.1) is 0 Å². The number of carbonyl (C=O) groups is 2. The zero-order valence-corrected chi connectivity index (χ0v) is 15.9. The number of rotatable bonds is 6. The van der Waals surface area contributed by atoms with Gasteiger partial charge in [-0.3, -0.25) is 4.79 Å². The van der Waals surface area contributed by atoms with Gasteiger partial charge in [-0.25, -0.2) is 4.79 Å². The van der Waals surface area contributed by atoms with Gasteiger partial charge in [0, 0.05) is 9.79 Å². The molecule has 4 nitrogen and oxygen atoms in total. The van der Waals surface area contributed by atoms with Crippen LogP contribution in [0.15, 0.2) is 76.5 Å². The summed E-state index contributed by atoms with van der Waals surface area (Å²) in [4.78, 5) is 26.3. The van der Waals surface area contributed by atoms with Crippen molar-refractivity contribution in [1.29, 1.82) is 0 Å². The van der Waals surface area contributed by atoms with Gasteiger partial charge in [0.25, 0.3) is 5.91 Å². The Morgan fingerprint density at radius 1 is 1.00 bits per heavy atom. The fourth-order valence-electron chi connectivity index (χ4n) is 2.09. The summed E-state index contributed by atoms with van der Waals surface area (Å²) < 4.78 is 5.52. The van der Waals surface area contributed by atoms with Gasteiger partial charge in [-0.15, -0.1) is 11.3 Å². The lowest BCUT2D eigenvalue weighted by Gasteiger charge is -2.11. The highest BCUT2D eigenvalue weighted by molar-refractivity contribution is 7.99. The Balaban J connectivity index is 1.60. The third kappa shape index (κ3) is 5.11. The summed E-state index contributed by atoms with van der Waals surface area (Å²) in [5.41, 5.74) is 0.668. The smallest absolute Gasteiger partial charge is 0.348 e. The maximum absolute atomic E-state index is 12.1. The molecular weight excluding hydrogens is 390 g/mol. The second kappa shape index (κ2) is 8.89. The van der Waals surface area contributed by atoms with Crippen LogP contribution < -0.4 is 5.32 Å². The molecule has 0 aliphatic carbocycles. The first-order chi connectivity index (χ1) is 12.6. The molecule has 2 aromatic carbocycles. The predicted octanol–water partition coefficient (Wildman–Crippen LogP) is 5.35. The number of carbonyl (C=O) groups excluding carboxylic acids is 2. The van der Waals surface area contributed by atoms with Gasteiger partial charge in [-0.1, -0.05) is 53.7 Å². The molecule has 0 radical (unpaired) electrons. The van der Waals surface area contributed by atoms with Crippen molar-refractivity contribution in [1.82, 2.24) is 0 Å². The van der Waals surface area contributed by atoms with E-state index in [2.05, 4.69) is 5.32 Å². The molecular formula is C19H14ClNO3S2. The fraction of sp³-hybridized carbons (Fsp3) is 0.0526. The maximum Gasteiger partial charge on any atom is 0.348 e. The number of esters is 1. The highest BCUT2D eigenvalue weighted by Gasteiger charge is 2.13. The van der Waals surface area contributed by atoms with E-state index in [1.807, 2.05) is 54.6 Å². The van der Waals surface area contributed by atoms with E-state index in [-0.39, 0.29) is 6.61 Å². The SMILES string of the molecule is O=C(COC(=O)c1ccc(Cl)s1)Nc1ccccc1Sc1ccccc1. The summed E-state index contributed by atoms with van der Waals surface area (Å²) in [7, 11) is 0. The van der Waals surface area contributed by atoms with Crippen molar-refractivity contribution in [2.75, 3.05) is 11.9 Å². The zero-order valence-electron chi connectivity index (χ0n) is 13.5. The van der Waals surface area contributed by atoms with Crippen LogP contribution in [0.25, 0.3) is 0 Å². The standard InChI is InChI=1S/C19H14ClNO3S2/c20-17-11-10-16(26-17)19(23)24-12-18(22)21-14-8-4-5-9-15(14)25-13-6-2-1-3-7-13/h1-11H,12H2,(H,21,22). The molecule has 3 rings (SSSR count). The van der Waals surface area contributed by atoms with Crippen molar-refractivity contribution >= 4 is 52.3 Å². The highest BCUT2D eigenvalue weighted by atomic mass is 35.5. The van der Waals surface area contributed by atoms with Crippen LogP contribution in [0.3, 0.4) is 0 Å². The Labute approximate surface area is 164 Å². The number of thiophene rings is 1. The van der Waals surface area contributed by atoms with Gasteiger partial charge in [0.15, 0.2) is 6.61 Å². The van der Waals surface area contributed by atoms with Crippen LogP contribution >= 0.6 is 34.7 Å². The first-order valence-corrected chi connectivity index (χ1v) is 9.67. The Bertz CT molecular complexity index is 912. The summed E-state index contributed by atoms with van der Waals surface area (Å²) in [5.74, 6) is -0.967. The molecule has 1 N–H and O–H groups in total. The number of hydrogen-bond acceptors (Lipinski definition) is 5. The summed E-state index contributed by atoms with van der Waals surface area (Å²) in [5, 5.41) is 2.78. The molecule has 0 saturated carbocycles. The van der Waals surface area contributed by atoms with Crippen molar-refractivity contribution in [2.45, 2.75) is 9.79 Å². The number of amides is 1. The average molecular weight is 404 g/mol. The summed E-state index contributed by atoms with van der Waals surface area (Å²) in [6, 6.07) is 20.5. The van der Waals surface area contributed by atoms with E-state index in [4.69, 9.17) is 16.3 Å². The van der Waals surface area contributed by atoms with Gasteiger partial charge < -0.3 is 10.1 Å². The molecule has 0 fully saturated rings. The number of hydrogen-bond donors (Lipinski definition) is 1.